The Kier molecular flexibility index (Phi) is 4.41. The number of hydrogen-bond acceptors (Lipinski definition) is 5. The van der Waals surface area contributed by atoms with Gasteiger partial charge < -0.3 is 9.64 Å². The van der Waals surface area contributed by atoms with E-state index in [1.54, 1.807) is 13.0 Å². The van der Waals surface area contributed by atoms with Gasteiger partial charge in [0.25, 0.3) is 17.6 Å². The number of hydrogen-bond donors (Lipinski definition) is 0. The van der Waals surface area contributed by atoms with Crippen molar-refractivity contribution in [2.75, 3.05) is 13.1 Å². The van der Waals surface area contributed by atoms with E-state index in [4.69, 9.17) is 4.74 Å². The van der Waals surface area contributed by atoms with Crippen LogP contribution in [-0.4, -0.2) is 55.5 Å². The summed E-state index contributed by atoms with van der Waals surface area (Å²) < 4.78 is 36.7. The Morgan fingerprint density at radius 1 is 1.30 bits per heavy atom. The second kappa shape index (κ2) is 7.00. The van der Waals surface area contributed by atoms with Crippen LogP contribution in [0, 0.1) is 6.92 Å². The maximum atomic E-state index is 14.7. The fraction of sp³-hybridized carbons (Fsp3) is 0.429. The zero-order valence-electron chi connectivity index (χ0n) is 16.5. The van der Waals surface area contributed by atoms with Gasteiger partial charge in [-0.2, -0.15) is 10.1 Å². The minimum absolute atomic E-state index is 0.175. The first kappa shape index (κ1) is 18.9. The van der Waals surface area contributed by atoms with Crippen molar-refractivity contribution in [3.05, 3.63) is 53.6 Å². The van der Waals surface area contributed by atoms with E-state index < -0.39 is 30.4 Å². The van der Waals surface area contributed by atoms with Crippen LogP contribution in [0.5, 0.6) is 5.75 Å². The second-order valence-corrected chi connectivity index (χ2v) is 8.02. The number of fused-ring (bicyclic) bond motifs is 2. The molecular formula is C21H21F2N5O2. The monoisotopic (exact) mass is 413 g/mol. The van der Waals surface area contributed by atoms with Crippen molar-refractivity contribution in [2.45, 2.75) is 44.1 Å². The highest BCUT2D eigenvalue weighted by Gasteiger charge is 2.45. The minimum atomic E-state index is -3.00. The Hall–Kier alpha value is -3.10. The summed E-state index contributed by atoms with van der Waals surface area (Å²) in [5, 5.41) is 4.14. The first-order valence-corrected chi connectivity index (χ1v) is 9.98. The summed E-state index contributed by atoms with van der Waals surface area (Å²) in [5.74, 6) is -2.97. The number of piperidine rings is 1. The van der Waals surface area contributed by atoms with Crippen molar-refractivity contribution in [1.82, 2.24) is 24.5 Å². The number of rotatable bonds is 2. The molecule has 1 fully saturated rings. The first-order chi connectivity index (χ1) is 14.4. The van der Waals surface area contributed by atoms with E-state index in [1.807, 2.05) is 24.3 Å². The molecule has 0 bridgehead atoms. The summed E-state index contributed by atoms with van der Waals surface area (Å²) >= 11 is 0. The summed E-state index contributed by atoms with van der Waals surface area (Å²) in [7, 11) is 0. The van der Waals surface area contributed by atoms with Gasteiger partial charge in [0.15, 0.2) is 6.10 Å². The lowest BCUT2D eigenvalue weighted by molar-refractivity contribution is -0.151. The molecule has 3 aromatic rings. The van der Waals surface area contributed by atoms with Gasteiger partial charge in [-0.3, -0.25) is 4.79 Å². The lowest BCUT2D eigenvalue weighted by Crippen LogP contribution is -2.53. The van der Waals surface area contributed by atoms with Crippen molar-refractivity contribution in [3.63, 3.8) is 0 Å². The highest BCUT2D eigenvalue weighted by Crippen LogP contribution is 2.37. The van der Waals surface area contributed by atoms with Crippen LogP contribution in [-0.2, 0) is 11.2 Å². The molecule has 2 aliphatic rings. The van der Waals surface area contributed by atoms with E-state index in [0.29, 0.717) is 35.8 Å². The summed E-state index contributed by atoms with van der Waals surface area (Å²) in [4.78, 5) is 22.7. The number of benzene rings is 1. The first-order valence-electron chi connectivity index (χ1n) is 9.98. The molecule has 2 aromatic heterocycles. The van der Waals surface area contributed by atoms with E-state index in [2.05, 4.69) is 15.1 Å². The molecule has 2 aliphatic heterocycles. The van der Waals surface area contributed by atoms with Crippen LogP contribution in [0.15, 0.2) is 36.7 Å². The Morgan fingerprint density at radius 3 is 3.00 bits per heavy atom. The number of carbonyl (C=O) groups is 1. The smallest absolute Gasteiger partial charge is 0.266 e. The van der Waals surface area contributed by atoms with E-state index in [1.165, 1.54) is 15.7 Å². The van der Waals surface area contributed by atoms with Gasteiger partial charge in [-0.25, -0.2) is 18.3 Å². The molecule has 1 amide bonds. The predicted octanol–water partition coefficient (Wildman–Crippen LogP) is 2.78. The maximum absolute atomic E-state index is 14.7. The fourth-order valence-corrected chi connectivity index (χ4v) is 4.42. The third kappa shape index (κ3) is 3.38. The van der Waals surface area contributed by atoms with Crippen LogP contribution in [0.25, 0.3) is 5.78 Å². The van der Waals surface area contributed by atoms with Crippen molar-refractivity contribution in [1.29, 1.82) is 0 Å². The van der Waals surface area contributed by atoms with Gasteiger partial charge in [-0.05, 0) is 37.5 Å². The molecule has 2 atom stereocenters. The van der Waals surface area contributed by atoms with Gasteiger partial charge in [0.1, 0.15) is 12.1 Å². The van der Waals surface area contributed by atoms with Gasteiger partial charge in [-0.15, -0.1) is 0 Å². The molecule has 5 rings (SSSR count). The number of nitrogens with zero attached hydrogens (tertiary/aromatic N) is 5. The van der Waals surface area contributed by atoms with Gasteiger partial charge in [0, 0.05) is 24.6 Å². The van der Waals surface area contributed by atoms with Crippen molar-refractivity contribution in [3.8, 4) is 5.75 Å². The highest BCUT2D eigenvalue weighted by molar-refractivity contribution is 5.82. The molecule has 0 spiro atoms. The normalized spacial score (nSPS) is 23.1. The van der Waals surface area contributed by atoms with Crippen molar-refractivity contribution in [2.24, 2.45) is 0 Å². The summed E-state index contributed by atoms with van der Waals surface area (Å²) in [5.41, 5.74) is 2.29. The number of likely N-dealkylation sites (tertiary alicyclic amines) is 1. The fourth-order valence-electron chi connectivity index (χ4n) is 4.42. The number of aromatic nitrogens is 4. The second-order valence-electron chi connectivity index (χ2n) is 8.02. The number of para-hydroxylation sites is 1. The predicted molar refractivity (Wildman–Crippen MR) is 104 cm³/mol. The van der Waals surface area contributed by atoms with Crippen LogP contribution in [0.1, 0.15) is 35.7 Å². The summed E-state index contributed by atoms with van der Waals surface area (Å²) in [6.07, 6.45) is 1.40. The Labute approximate surface area is 171 Å². The minimum Gasteiger partial charge on any atom is -0.480 e. The van der Waals surface area contributed by atoms with Gasteiger partial charge >= 0.3 is 0 Å². The largest absolute Gasteiger partial charge is 0.480 e. The molecule has 1 aromatic carbocycles. The molecule has 2 unspecified atom stereocenters. The maximum Gasteiger partial charge on any atom is 0.266 e. The number of alkyl halides is 2. The van der Waals surface area contributed by atoms with Crippen LogP contribution in [0.3, 0.4) is 0 Å². The summed E-state index contributed by atoms with van der Waals surface area (Å²) in [6, 6.07) is 9.26. The Balaban J connectivity index is 1.42. The standard InChI is InChI=1S/C21H21F2N5O2/c1-13-8-16(28-20(26-13)24-12-25-28)15-9-21(22,23)11-27(10-15)19(29)18-7-6-14-4-2-3-5-17(14)30-18/h2-5,8,12,15,18H,6-7,9-11H2,1H3. The van der Waals surface area contributed by atoms with Crippen LogP contribution in [0.4, 0.5) is 8.78 Å². The third-order valence-electron chi connectivity index (χ3n) is 5.74. The molecule has 0 N–H and O–H groups in total. The number of amides is 1. The Bertz CT molecular complexity index is 1120. The van der Waals surface area contributed by atoms with Gasteiger partial charge in [-0.1, -0.05) is 18.2 Å². The molecule has 7 nitrogen and oxygen atoms in total. The average molecular weight is 413 g/mol. The van der Waals surface area contributed by atoms with Crippen LogP contribution >= 0.6 is 0 Å². The average Bonchev–Trinajstić information content (AvgIpc) is 3.19. The van der Waals surface area contributed by atoms with E-state index in [-0.39, 0.29) is 13.0 Å². The van der Waals surface area contributed by atoms with E-state index in [9.17, 15) is 13.6 Å². The quantitative estimate of drug-likeness (QED) is 0.646. The lowest BCUT2D eigenvalue weighted by atomic mass is 9.91. The molecule has 30 heavy (non-hydrogen) atoms. The molecule has 156 valence electrons. The highest BCUT2D eigenvalue weighted by atomic mass is 19.3. The van der Waals surface area contributed by atoms with Crippen LogP contribution in [0.2, 0.25) is 0 Å². The zero-order valence-corrected chi connectivity index (χ0v) is 16.5. The molecule has 9 heteroatoms. The number of halogens is 2. The van der Waals surface area contributed by atoms with Gasteiger partial charge in [0.2, 0.25) is 0 Å². The molecular weight excluding hydrogens is 392 g/mol. The molecule has 1 saturated heterocycles. The summed E-state index contributed by atoms with van der Waals surface area (Å²) in [6.45, 7) is 1.36. The SMILES string of the molecule is Cc1cc(C2CN(C(=O)C3CCc4ccccc4O3)CC(F)(F)C2)n2ncnc2n1. The molecule has 0 radical (unpaired) electrons. The van der Waals surface area contributed by atoms with Crippen LogP contribution < -0.4 is 4.74 Å². The topological polar surface area (TPSA) is 72.6 Å². The molecule has 4 heterocycles. The number of carbonyl (C=O) groups excluding carboxylic acids is 1. The van der Waals surface area contributed by atoms with E-state index in [0.717, 1.165) is 5.56 Å². The Morgan fingerprint density at radius 2 is 2.13 bits per heavy atom. The molecule has 0 saturated carbocycles. The zero-order chi connectivity index (χ0) is 20.9. The third-order valence-corrected chi connectivity index (χ3v) is 5.74. The number of aryl methyl sites for hydroxylation is 2. The van der Waals surface area contributed by atoms with Gasteiger partial charge in [0.05, 0.1) is 12.2 Å². The van der Waals surface area contributed by atoms with E-state index >= 15 is 0 Å². The lowest BCUT2D eigenvalue weighted by Gasteiger charge is -2.39. The molecule has 0 aliphatic carbocycles. The number of ether oxygens (including phenoxy) is 1. The van der Waals surface area contributed by atoms with Crippen molar-refractivity contribution < 1.29 is 18.3 Å². The van der Waals surface area contributed by atoms with Crippen molar-refractivity contribution >= 4 is 11.7 Å².